The monoisotopic (exact) mass is 413 g/mol. The second-order valence-electron chi connectivity index (χ2n) is 7.53. The molecule has 3 unspecified atom stereocenters. The van der Waals surface area contributed by atoms with Gasteiger partial charge in [0.2, 0.25) is 0 Å². The maximum absolute atomic E-state index is 12.2. The van der Waals surface area contributed by atoms with Gasteiger partial charge < -0.3 is 15.2 Å². The van der Waals surface area contributed by atoms with Gasteiger partial charge in [0.25, 0.3) is 0 Å². The van der Waals surface area contributed by atoms with E-state index in [0.717, 1.165) is 28.9 Å². The minimum atomic E-state index is -0.144. The van der Waals surface area contributed by atoms with Gasteiger partial charge in [0, 0.05) is 24.4 Å². The van der Waals surface area contributed by atoms with Crippen LogP contribution in [0, 0.1) is 5.92 Å². The van der Waals surface area contributed by atoms with E-state index >= 15 is 0 Å². The summed E-state index contributed by atoms with van der Waals surface area (Å²) in [6.45, 7) is 8.63. The van der Waals surface area contributed by atoms with Gasteiger partial charge >= 0.3 is 0 Å². The van der Waals surface area contributed by atoms with Gasteiger partial charge in [0.05, 0.1) is 7.11 Å². The lowest BCUT2D eigenvalue weighted by molar-refractivity contribution is -0.121. The van der Waals surface area contributed by atoms with Gasteiger partial charge in [-0.3, -0.25) is 4.79 Å². The van der Waals surface area contributed by atoms with Crippen molar-refractivity contribution >= 4 is 5.78 Å². The van der Waals surface area contributed by atoms with Crippen LogP contribution in [0.4, 0.5) is 0 Å². The Morgan fingerprint density at radius 2 is 1.80 bits per heavy atom. The van der Waals surface area contributed by atoms with Crippen molar-refractivity contribution < 1.29 is 14.3 Å². The molecule has 4 nitrogen and oxygen atoms in total. The number of Topliss-reactive ketones (excluding diaryl/α,β-unsaturated/α-hetero) is 1. The normalized spacial score (nSPS) is 19.1. The molecule has 1 aliphatic carbocycles. The Balaban J connectivity index is 0.00000146. The lowest BCUT2D eigenvalue weighted by Crippen LogP contribution is -2.24. The number of carbonyl (C=O) groups is 1. The average Bonchev–Trinajstić information content (AvgIpc) is 2.75. The number of ketones is 1. The summed E-state index contributed by atoms with van der Waals surface area (Å²) in [6.07, 6.45) is 2.10. The van der Waals surface area contributed by atoms with E-state index in [9.17, 15) is 4.79 Å². The van der Waals surface area contributed by atoms with Crippen LogP contribution in [-0.2, 0) is 11.4 Å². The fourth-order valence-electron chi connectivity index (χ4n) is 3.94. The molecule has 0 bridgehead atoms. The first-order valence-electron chi connectivity index (χ1n) is 10.7. The van der Waals surface area contributed by atoms with Gasteiger partial charge in [-0.2, -0.15) is 0 Å². The zero-order valence-corrected chi connectivity index (χ0v) is 18.4. The molecule has 3 rings (SSSR count). The SMILES string of the molecule is C.CC.COc1ccc(C(C)N)c(C2CC(=O)CCC2C)c1OCc1ccccc1. The highest BCUT2D eigenvalue weighted by molar-refractivity contribution is 5.80. The van der Waals surface area contributed by atoms with Crippen LogP contribution in [0.1, 0.15) is 83.0 Å². The molecule has 0 heterocycles. The van der Waals surface area contributed by atoms with E-state index in [1.807, 2.05) is 63.2 Å². The van der Waals surface area contributed by atoms with Crippen LogP contribution in [0.3, 0.4) is 0 Å². The summed E-state index contributed by atoms with van der Waals surface area (Å²) >= 11 is 0. The number of hydrogen-bond acceptors (Lipinski definition) is 4. The van der Waals surface area contributed by atoms with Crippen LogP contribution in [0.15, 0.2) is 42.5 Å². The minimum Gasteiger partial charge on any atom is -0.493 e. The number of rotatable bonds is 6. The predicted molar refractivity (Wildman–Crippen MR) is 125 cm³/mol. The molecule has 30 heavy (non-hydrogen) atoms. The predicted octanol–water partition coefficient (Wildman–Crippen LogP) is 6.43. The minimum absolute atomic E-state index is 0. The van der Waals surface area contributed by atoms with E-state index in [1.54, 1.807) is 7.11 Å². The van der Waals surface area contributed by atoms with E-state index < -0.39 is 0 Å². The maximum Gasteiger partial charge on any atom is 0.165 e. The molecule has 0 aromatic heterocycles. The summed E-state index contributed by atoms with van der Waals surface area (Å²) in [5.74, 6) is 2.23. The molecule has 2 N–H and O–H groups in total. The van der Waals surface area contributed by atoms with Crippen molar-refractivity contribution in [2.24, 2.45) is 11.7 Å². The Labute approximate surface area is 182 Å². The number of benzene rings is 2. The Kier molecular flexibility index (Phi) is 10.6. The smallest absolute Gasteiger partial charge is 0.165 e. The first-order valence-corrected chi connectivity index (χ1v) is 10.7. The van der Waals surface area contributed by atoms with Crippen LogP contribution >= 0.6 is 0 Å². The van der Waals surface area contributed by atoms with Gasteiger partial charge in [-0.1, -0.05) is 64.6 Å². The van der Waals surface area contributed by atoms with Crippen molar-refractivity contribution in [3.8, 4) is 11.5 Å². The van der Waals surface area contributed by atoms with Crippen LogP contribution in [0.5, 0.6) is 11.5 Å². The molecule has 0 spiro atoms. The molecule has 0 amide bonds. The van der Waals surface area contributed by atoms with Crippen LogP contribution < -0.4 is 15.2 Å². The van der Waals surface area contributed by atoms with Crippen molar-refractivity contribution in [3.63, 3.8) is 0 Å². The third-order valence-corrected chi connectivity index (χ3v) is 5.51. The summed E-state index contributed by atoms with van der Waals surface area (Å²) in [7, 11) is 1.65. The van der Waals surface area contributed by atoms with E-state index in [-0.39, 0.29) is 19.4 Å². The summed E-state index contributed by atoms with van der Waals surface area (Å²) < 4.78 is 11.9. The Morgan fingerprint density at radius 1 is 1.13 bits per heavy atom. The van der Waals surface area contributed by atoms with Gasteiger partial charge in [-0.05, 0) is 42.4 Å². The zero-order valence-electron chi connectivity index (χ0n) is 18.4. The standard InChI is InChI=1S/C23H29NO3.C2H6.CH4/c1-15-9-10-18(25)13-20(15)22-19(16(2)24)11-12-21(26-3)23(22)27-14-17-7-5-4-6-8-17;1-2;/h4-8,11-12,15-16,20H,9-10,13-14,24H2,1-3H3;1-2H3;1H4. The Bertz CT molecular complexity index is 786. The third-order valence-electron chi connectivity index (χ3n) is 5.51. The average molecular weight is 414 g/mol. The summed E-state index contributed by atoms with van der Waals surface area (Å²) in [4.78, 5) is 12.2. The molecule has 4 heteroatoms. The van der Waals surface area contributed by atoms with E-state index in [0.29, 0.717) is 36.9 Å². The van der Waals surface area contributed by atoms with E-state index in [2.05, 4.69) is 6.92 Å². The molecule has 166 valence electrons. The van der Waals surface area contributed by atoms with Crippen molar-refractivity contribution in [2.75, 3.05) is 7.11 Å². The number of hydrogen-bond donors (Lipinski definition) is 1. The van der Waals surface area contributed by atoms with Crippen LogP contribution in [-0.4, -0.2) is 12.9 Å². The lowest BCUT2D eigenvalue weighted by Gasteiger charge is -2.32. The maximum atomic E-state index is 12.2. The molecule has 1 fully saturated rings. The zero-order chi connectivity index (χ0) is 21.4. The molecule has 1 aliphatic rings. The fraction of sp³-hybridized carbons (Fsp3) is 0.500. The summed E-state index contributed by atoms with van der Waals surface area (Å²) in [5.41, 5.74) is 9.45. The summed E-state index contributed by atoms with van der Waals surface area (Å²) in [6, 6.07) is 13.8. The molecular weight excluding hydrogens is 374 g/mol. The Morgan fingerprint density at radius 3 is 2.40 bits per heavy atom. The molecule has 0 radical (unpaired) electrons. The second-order valence-corrected chi connectivity index (χ2v) is 7.53. The molecule has 0 aliphatic heterocycles. The third kappa shape index (κ3) is 6.09. The molecular formula is C26H39NO3. The van der Waals surface area contributed by atoms with Crippen LogP contribution in [0.2, 0.25) is 0 Å². The van der Waals surface area contributed by atoms with Crippen LogP contribution in [0.25, 0.3) is 0 Å². The van der Waals surface area contributed by atoms with Gasteiger partial charge in [0.1, 0.15) is 12.4 Å². The first-order chi connectivity index (χ1) is 14.0. The first kappa shape index (κ1) is 25.7. The highest BCUT2D eigenvalue weighted by Crippen LogP contribution is 2.47. The van der Waals surface area contributed by atoms with Gasteiger partial charge in [-0.15, -0.1) is 0 Å². The highest BCUT2D eigenvalue weighted by atomic mass is 16.5. The quantitative estimate of drug-likeness (QED) is 0.593. The van der Waals surface area contributed by atoms with Gasteiger partial charge in [0.15, 0.2) is 11.5 Å². The van der Waals surface area contributed by atoms with E-state index in [4.69, 9.17) is 15.2 Å². The molecule has 2 aromatic rings. The number of nitrogens with two attached hydrogens (primary N) is 1. The number of ether oxygens (including phenoxy) is 2. The topological polar surface area (TPSA) is 61.5 Å². The van der Waals surface area contributed by atoms with Crippen molar-refractivity contribution in [1.82, 2.24) is 0 Å². The molecule has 0 saturated heterocycles. The highest BCUT2D eigenvalue weighted by Gasteiger charge is 2.33. The van der Waals surface area contributed by atoms with Crippen molar-refractivity contribution in [2.45, 2.75) is 73.0 Å². The molecule has 3 atom stereocenters. The number of carbonyl (C=O) groups excluding carboxylic acids is 1. The summed E-state index contributed by atoms with van der Waals surface area (Å²) in [5, 5.41) is 0. The molecule has 2 aromatic carbocycles. The fourth-order valence-corrected chi connectivity index (χ4v) is 3.94. The van der Waals surface area contributed by atoms with E-state index in [1.165, 1.54) is 0 Å². The van der Waals surface area contributed by atoms with Gasteiger partial charge in [-0.25, -0.2) is 0 Å². The van der Waals surface area contributed by atoms with Crippen molar-refractivity contribution in [3.05, 3.63) is 59.2 Å². The second kappa shape index (κ2) is 12.4. The lowest BCUT2D eigenvalue weighted by atomic mass is 9.73. The molecule has 1 saturated carbocycles. The Hall–Kier alpha value is -2.33. The number of methoxy groups -OCH3 is 1. The largest absolute Gasteiger partial charge is 0.493 e. The van der Waals surface area contributed by atoms with Crippen molar-refractivity contribution in [1.29, 1.82) is 0 Å².